The fourth-order valence-corrected chi connectivity index (χ4v) is 7.51. The number of hydrogen-bond donors (Lipinski definition) is 0. The Balaban J connectivity index is 1.11. The van der Waals surface area contributed by atoms with Crippen molar-refractivity contribution in [1.29, 1.82) is 0 Å². The minimum atomic E-state index is -0.184. The highest BCUT2D eigenvalue weighted by Crippen LogP contribution is 2.50. The number of nitrogens with zero attached hydrogens (tertiary/aromatic N) is 2. The lowest BCUT2D eigenvalue weighted by Crippen LogP contribution is -2.22. The molecule has 226 valence electrons. The third-order valence-electron chi connectivity index (χ3n) is 10.3. The van der Waals surface area contributed by atoms with Crippen LogP contribution in [0.2, 0.25) is 0 Å². The molecule has 1 atom stereocenters. The van der Waals surface area contributed by atoms with Gasteiger partial charge in [-0.2, -0.15) is 0 Å². The summed E-state index contributed by atoms with van der Waals surface area (Å²) in [6.07, 6.45) is 9.60. The first-order chi connectivity index (χ1) is 22.9. The van der Waals surface area contributed by atoms with Gasteiger partial charge in [-0.05, 0) is 70.1 Å². The quantitative estimate of drug-likeness (QED) is 0.200. The highest BCUT2D eigenvalue weighted by molar-refractivity contribution is 6.09. The monoisotopic (exact) mass is 606 g/mol. The Hall–Kier alpha value is -5.54. The lowest BCUT2D eigenvalue weighted by atomic mass is 9.80. The molecular formula is C44H34N2O. The zero-order valence-electron chi connectivity index (χ0n) is 26.8. The number of hydrogen-bond acceptors (Lipinski definition) is 3. The van der Waals surface area contributed by atoms with Crippen molar-refractivity contribution < 1.29 is 4.42 Å². The summed E-state index contributed by atoms with van der Waals surface area (Å²) in [5.74, 6) is 0.751. The predicted molar refractivity (Wildman–Crippen MR) is 193 cm³/mol. The van der Waals surface area contributed by atoms with Crippen LogP contribution in [0.25, 0.3) is 66.8 Å². The molecular weight excluding hydrogens is 572 g/mol. The average Bonchev–Trinajstić information content (AvgIpc) is 3.59. The van der Waals surface area contributed by atoms with Crippen LogP contribution in [0.15, 0.2) is 144 Å². The number of allylic oxidation sites excluding steroid dienone is 4. The van der Waals surface area contributed by atoms with Crippen molar-refractivity contribution in [2.45, 2.75) is 38.0 Å². The Bertz CT molecular complexity index is 2410. The SMILES string of the molecule is CC1(c2cc(-c3ccc(-c4ccc5oc6cc7c(cc6c5c4)-c4ccccc4C7(C)C)cc3)nc(-c3ccccc3)n2)C=CC=CC1. The first-order valence-corrected chi connectivity index (χ1v) is 16.4. The van der Waals surface area contributed by atoms with Gasteiger partial charge in [-0.25, -0.2) is 9.97 Å². The normalized spacial score (nSPS) is 17.7. The minimum Gasteiger partial charge on any atom is -0.456 e. The van der Waals surface area contributed by atoms with Gasteiger partial charge >= 0.3 is 0 Å². The van der Waals surface area contributed by atoms with Crippen molar-refractivity contribution in [1.82, 2.24) is 9.97 Å². The lowest BCUT2D eigenvalue weighted by molar-refractivity contribution is 0.578. The fourth-order valence-electron chi connectivity index (χ4n) is 7.51. The highest BCUT2D eigenvalue weighted by atomic mass is 16.3. The summed E-state index contributed by atoms with van der Waals surface area (Å²) < 4.78 is 6.43. The van der Waals surface area contributed by atoms with Crippen molar-refractivity contribution >= 4 is 21.9 Å². The van der Waals surface area contributed by atoms with E-state index in [4.69, 9.17) is 14.4 Å². The summed E-state index contributed by atoms with van der Waals surface area (Å²) in [6, 6.07) is 41.1. The Morgan fingerprint density at radius 1 is 0.574 bits per heavy atom. The van der Waals surface area contributed by atoms with Crippen LogP contribution < -0.4 is 0 Å². The number of benzene rings is 5. The molecule has 3 nitrogen and oxygen atoms in total. The number of rotatable bonds is 4. The fraction of sp³-hybridized carbons (Fsp3) is 0.136. The van der Waals surface area contributed by atoms with Crippen molar-refractivity contribution in [2.75, 3.05) is 0 Å². The third kappa shape index (κ3) is 4.41. The average molecular weight is 607 g/mol. The summed E-state index contributed by atoms with van der Waals surface area (Å²) in [5.41, 5.74) is 13.3. The molecule has 0 spiro atoms. The van der Waals surface area contributed by atoms with Gasteiger partial charge in [0.2, 0.25) is 0 Å². The second kappa shape index (κ2) is 10.2. The minimum absolute atomic E-state index is 0.0554. The Labute approximate surface area is 275 Å². The largest absolute Gasteiger partial charge is 0.456 e. The molecule has 0 N–H and O–H groups in total. The lowest BCUT2D eigenvalue weighted by Gasteiger charge is -2.26. The van der Waals surface area contributed by atoms with Crippen molar-refractivity contribution in [2.24, 2.45) is 0 Å². The standard InChI is InChI=1S/C44H34N2O/c1-43(2)36-15-9-8-14-32(36)33-25-35-34-24-31(20-21-39(34)47-40(35)26-37(33)43)28-16-18-29(19-17-28)38-27-41(44(3)22-10-5-11-23-44)46-42(45-38)30-12-6-4-7-13-30/h4-22,24-27H,23H2,1-3H3. The molecule has 0 bridgehead atoms. The molecule has 0 amide bonds. The second-order valence-corrected chi connectivity index (χ2v) is 13.7. The summed E-state index contributed by atoms with van der Waals surface area (Å²) in [4.78, 5) is 10.1. The second-order valence-electron chi connectivity index (χ2n) is 13.7. The molecule has 47 heavy (non-hydrogen) atoms. The molecule has 2 aromatic heterocycles. The van der Waals surface area contributed by atoms with Gasteiger partial charge in [-0.3, -0.25) is 0 Å². The van der Waals surface area contributed by atoms with Crippen LogP contribution in [0.5, 0.6) is 0 Å². The van der Waals surface area contributed by atoms with E-state index in [0.29, 0.717) is 0 Å². The molecule has 7 aromatic rings. The summed E-state index contributed by atoms with van der Waals surface area (Å²) >= 11 is 0. The van der Waals surface area contributed by atoms with E-state index >= 15 is 0 Å². The number of fused-ring (bicyclic) bond motifs is 6. The molecule has 0 aliphatic heterocycles. The molecule has 0 radical (unpaired) electrons. The van der Waals surface area contributed by atoms with Crippen LogP contribution >= 0.6 is 0 Å². The van der Waals surface area contributed by atoms with Crippen molar-refractivity contribution in [3.63, 3.8) is 0 Å². The first kappa shape index (κ1) is 27.7. The van der Waals surface area contributed by atoms with Gasteiger partial charge in [-0.1, -0.05) is 130 Å². The molecule has 9 rings (SSSR count). The molecule has 0 saturated carbocycles. The maximum atomic E-state index is 6.43. The van der Waals surface area contributed by atoms with Crippen LogP contribution in [-0.4, -0.2) is 9.97 Å². The predicted octanol–water partition coefficient (Wildman–Crippen LogP) is 11.5. The first-order valence-electron chi connectivity index (χ1n) is 16.4. The molecule has 2 heterocycles. The van der Waals surface area contributed by atoms with Gasteiger partial charge in [0.05, 0.1) is 11.4 Å². The molecule has 3 heteroatoms. The van der Waals surface area contributed by atoms with Crippen LogP contribution in [0.1, 0.15) is 44.0 Å². The zero-order chi connectivity index (χ0) is 31.8. The Morgan fingerprint density at radius 3 is 2.13 bits per heavy atom. The third-order valence-corrected chi connectivity index (χ3v) is 10.3. The number of aromatic nitrogens is 2. The summed E-state index contributed by atoms with van der Waals surface area (Å²) in [5, 5.41) is 2.30. The molecule has 0 fully saturated rings. The van der Waals surface area contributed by atoms with Gasteiger partial charge < -0.3 is 4.42 Å². The van der Waals surface area contributed by atoms with E-state index in [0.717, 1.165) is 67.8 Å². The van der Waals surface area contributed by atoms with Gasteiger partial charge in [0, 0.05) is 32.7 Å². The van der Waals surface area contributed by atoms with E-state index in [1.54, 1.807) is 0 Å². The molecule has 5 aromatic carbocycles. The van der Waals surface area contributed by atoms with E-state index in [9.17, 15) is 0 Å². The maximum absolute atomic E-state index is 6.43. The molecule has 0 saturated heterocycles. The zero-order valence-corrected chi connectivity index (χ0v) is 26.8. The Morgan fingerprint density at radius 2 is 1.32 bits per heavy atom. The van der Waals surface area contributed by atoms with Gasteiger partial charge in [0.15, 0.2) is 5.82 Å². The molecule has 1 unspecified atom stereocenters. The van der Waals surface area contributed by atoms with Crippen LogP contribution in [0.3, 0.4) is 0 Å². The van der Waals surface area contributed by atoms with Gasteiger partial charge in [0.25, 0.3) is 0 Å². The topological polar surface area (TPSA) is 38.9 Å². The molecule has 2 aliphatic rings. The van der Waals surface area contributed by atoms with Gasteiger partial charge in [-0.15, -0.1) is 0 Å². The Kier molecular flexibility index (Phi) is 6.04. The highest BCUT2D eigenvalue weighted by Gasteiger charge is 2.36. The molecule has 2 aliphatic carbocycles. The van der Waals surface area contributed by atoms with Crippen molar-refractivity contribution in [3.05, 3.63) is 156 Å². The maximum Gasteiger partial charge on any atom is 0.160 e. The summed E-state index contributed by atoms with van der Waals surface area (Å²) in [7, 11) is 0. The number of furan rings is 1. The van der Waals surface area contributed by atoms with Crippen LogP contribution in [0.4, 0.5) is 0 Å². The van der Waals surface area contributed by atoms with Crippen LogP contribution in [-0.2, 0) is 10.8 Å². The van der Waals surface area contributed by atoms with Crippen LogP contribution in [0, 0.1) is 0 Å². The van der Waals surface area contributed by atoms with E-state index in [2.05, 4.69) is 142 Å². The van der Waals surface area contributed by atoms with Crippen molar-refractivity contribution in [3.8, 4) is 44.9 Å². The van der Waals surface area contributed by atoms with Gasteiger partial charge in [0.1, 0.15) is 11.2 Å². The van der Waals surface area contributed by atoms with E-state index < -0.39 is 0 Å². The summed E-state index contributed by atoms with van der Waals surface area (Å²) in [6.45, 7) is 6.87. The van der Waals surface area contributed by atoms with E-state index in [1.165, 1.54) is 22.3 Å². The smallest absolute Gasteiger partial charge is 0.160 e. The van der Waals surface area contributed by atoms with E-state index in [-0.39, 0.29) is 10.8 Å². The van der Waals surface area contributed by atoms with E-state index in [1.807, 2.05) is 18.2 Å².